The standard InChI is InChI=1S/C13H13BrN2/c14-11-5-6-12(16-8-1-2-9-16)13-10(11)4-3-7-15-13/h3-7H,1-2,8-9H2. The molecule has 0 N–H and O–H groups in total. The molecule has 1 saturated heterocycles. The highest BCUT2D eigenvalue weighted by Gasteiger charge is 2.15. The van der Waals surface area contributed by atoms with Crippen LogP contribution in [0.4, 0.5) is 5.69 Å². The second-order valence-electron chi connectivity index (χ2n) is 4.16. The Morgan fingerprint density at radius 2 is 1.94 bits per heavy atom. The van der Waals surface area contributed by atoms with Gasteiger partial charge in [-0.15, -0.1) is 0 Å². The van der Waals surface area contributed by atoms with Crippen LogP contribution in [0.5, 0.6) is 0 Å². The minimum absolute atomic E-state index is 1.11. The van der Waals surface area contributed by atoms with E-state index in [0.29, 0.717) is 0 Å². The maximum Gasteiger partial charge on any atom is 0.0946 e. The summed E-state index contributed by atoms with van der Waals surface area (Å²) in [5.41, 5.74) is 2.38. The predicted molar refractivity (Wildman–Crippen MR) is 70.9 cm³/mol. The van der Waals surface area contributed by atoms with Gasteiger partial charge in [0.15, 0.2) is 0 Å². The zero-order valence-electron chi connectivity index (χ0n) is 8.99. The van der Waals surface area contributed by atoms with Crippen LogP contribution in [-0.2, 0) is 0 Å². The summed E-state index contributed by atoms with van der Waals surface area (Å²) in [6, 6.07) is 8.40. The van der Waals surface area contributed by atoms with Crippen molar-refractivity contribution in [2.45, 2.75) is 12.8 Å². The second-order valence-corrected chi connectivity index (χ2v) is 5.01. The van der Waals surface area contributed by atoms with Gasteiger partial charge in [-0.2, -0.15) is 0 Å². The normalized spacial score (nSPS) is 15.9. The Hall–Kier alpha value is -1.09. The smallest absolute Gasteiger partial charge is 0.0946 e. The van der Waals surface area contributed by atoms with E-state index in [4.69, 9.17) is 0 Å². The Balaban J connectivity index is 2.21. The van der Waals surface area contributed by atoms with E-state index in [9.17, 15) is 0 Å². The molecule has 2 aromatic rings. The number of halogens is 1. The SMILES string of the molecule is Brc1ccc(N2CCCC2)c2ncccc12. The highest BCUT2D eigenvalue weighted by Crippen LogP contribution is 2.32. The van der Waals surface area contributed by atoms with E-state index < -0.39 is 0 Å². The van der Waals surface area contributed by atoms with E-state index >= 15 is 0 Å². The largest absolute Gasteiger partial charge is 0.370 e. The first-order valence-corrected chi connectivity index (χ1v) is 6.44. The molecule has 1 aromatic heterocycles. The van der Waals surface area contributed by atoms with Gasteiger partial charge in [-0.3, -0.25) is 4.98 Å². The highest BCUT2D eigenvalue weighted by atomic mass is 79.9. The first-order valence-electron chi connectivity index (χ1n) is 5.64. The van der Waals surface area contributed by atoms with E-state index in [0.717, 1.165) is 23.1 Å². The number of rotatable bonds is 1. The average Bonchev–Trinajstić information content (AvgIpc) is 2.83. The van der Waals surface area contributed by atoms with Crippen molar-refractivity contribution >= 4 is 32.5 Å². The molecule has 3 rings (SSSR count). The molecule has 0 aliphatic carbocycles. The molecule has 1 aromatic carbocycles. The lowest BCUT2D eigenvalue weighted by Gasteiger charge is -2.19. The van der Waals surface area contributed by atoms with Gasteiger partial charge in [-0.1, -0.05) is 22.0 Å². The Morgan fingerprint density at radius 1 is 1.12 bits per heavy atom. The van der Waals surface area contributed by atoms with Gasteiger partial charge in [0.05, 0.1) is 11.2 Å². The fourth-order valence-corrected chi connectivity index (χ4v) is 2.79. The molecule has 0 saturated carbocycles. The highest BCUT2D eigenvalue weighted by molar-refractivity contribution is 9.10. The van der Waals surface area contributed by atoms with Crippen LogP contribution in [0.15, 0.2) is 34.9 Å². The Kier molecular flexibility index (Phi) is 2.56. The fraction of sp³-hybridized carbons (Fsp3) is 0.308. The van der Waals surface area contributed by atoms with Crippen LogP contribution < -0.4 is 4.90 Å². The minimum Gasteiger partial charge on any atom is -0.370 e. The molecule has 0 bridgehead atoms. The van der Waals surface area contributed by atoms with Gasteiger partial charge >= 0.3 is 0 Å². The first kappa shape index (κ1) is 10.1. The summed E-state index contributed by atoms with van der Waals surface area (Å²) in [7, 11) is 0. The summed E-state index contributed by atoms with van der Waals surface area (Å²) >= 11 is 3.58. The number of nitrogens with zero attached hydrogens (tertiary/aromatic N) is 2. The van der Waals surface area contributed by atoms with Crippen LogP contribution in [0.25, 0.3) is 10.9 Å². The molecule has 0 radical (unpaired) electrons. The molecule has 2 heterocycles. The minimum atomic E-state index is 1.11. The van der Waals surface area contributed by atoms with Crippen LogP contribution >= 0.6 is 15.9 Å². The third kappa shape index (κ3) is 1.59. The number of hydrogen-bond donors (Lipinski definition) is 0. The lowest BCUT2D eigenvalue weighted by molar-refractivity contribution is 0.949. The summed E-state index contributed by atoms with van der Waals surface area (Å²) in [6.07, 6.45) is 4.46. The van der Waals surface area contributed by atoms with Crippen molar-refractivity contribution in [1.82, 2.24) is 4.98 Å². The van der Waals surface area contributed by atoms with Gasteiger partial charge in [0.1, 0.15) is 0 Å². The number of anilines is 1. The molecule has 1 fully saturated rings. The monoisotopic (exact) mass is 276 g/mol. The summed E-state index contributed by atoms with van der Waals surface area (Å²) < 4.78 is 1.12. The number of pyridine rings is 1. The van der Waals surface area contributed by atoms with Crippen molar-refractivity contribution in [3.63, 3.8) is 0 Å². The van der Waals surface area contributed by atoms with Crippen LogP contribution in [0.3, 0.4) is 0 Å². The Morgan fingerprint density at radius 3 is 2.75 bits per heavy atom. The summed E-state index contributed by atoms with van der Waals surface area (Å²) in [4.78, 5) is 6.95. The first-order chi connectivity index (χ1) is 7.86. The van der Waals surface area contributed by atoms with Gasteiger partial charge in [0, 0.05) is 29.1 Å². The number of aromatic nitrogens is 1. The van der Waals surface area contributed by atoms with E-state index in [1.54, 1.807) is 0 Å². The molecule has 3 heteroatoms. The molecule has 1 aliphatic rings. The van der Waals surface area contributed by atoms with Crippen molar-refractivity contribution in [1.29, 1.82) is 0 Å². The zero-order valence-corrected chi connectivity index (χ0v) is 10.6. The molecule has 0 spiro atoms. The molecule has 2 nitrogen and oxygen atoms in total. The van der Waals surface area contributed by atoms with Crippen LogP contribution in [0.1, 0.15) is 12.8 Å². The maximum absolute atomic E-state index is 4.51. The van der Waals surface area contributed by atoms with E-state index in [-0.39, 0.29) is 0 Å². The molecule has 16 heavy (non-hydrogen) atoms. The van der Waals surface area contributed by atoms with Crippen LogP contribution in [0.2, 0.25) is 0 Å². The summed E-state index contributed by atoms with van der Waals surface area (Å²) in [6.45, 7) is 2.32. The third-order valence-electron chi connectivity index (χ3n) is 3.14. The zero-order chi connectivity index (χ0) is 11.0. The fourth-order valence-electron chi connectivity index (χ4n) is 2.34. The number of benzene rings is 1. The Bertz CT molecular complexity index is 518. The summed E-state index contributed by atoms with van der Waals surface area (Å²) in [5, 5.41) is 1.20. The molecule has 82 valence electrons. The van der Waals surface area contributed by atoms with Crippen molar-refractivity contribution in [2.75, 3.05) is 18.0 Å². The second kappa shape index (κ2) is 4.06. The van der Waals surface area contributed by atoms with Crippen LogP contribution in [0, 0.1) is 0 Å². The molecular weight excluding hydrogens is 264 g/mol. The molecule has 1 aliphatic heterocycles. The van der Waals surface area contributed by atoms with Gasteiger partial charge in [0.25, 0.3) is 0 Å². The predicted octanol–water partition coefficient (Wildman–Crippen LogP) is 3.60. The maximum atomic E-state index is 4.51. The molecular formula is C13H13BrN2. The lowest BCUT2D eigenvalue weighted by atomic mass is 10.2. The Labute approximate surface area is 103 Å². The van der Waals surface area contributed by atoms with Crippen molar-refractivity contribution < 1.29 is 0 Å². The topological polar surface area (TPSA) is 16.1 Å². The van der Waals surface area contributed by atoms with Crippen molar-refractivity contribution in [3.05, 3.63) is 34.9 Å². The molecule has 0 unspecified atom stereocenters. The quantitative estimate of drug-likeness (QED) is 0.791. The van der Waals surface area contributed by atoms with E-state index in [1.807, 2.05) is 12.3 Å². The van der Waals surface area contributed by atoms with Gasteiger partial charge in [-0.25, -0.2) is 0 Å². The van der Waals surface area contributed by atoms with Crippen LogP contribution in [-0.4, -0.2) is 18.1 Å². The van der Waals surface area contributed by atoms with Crippen molar-refractivity contribution in [2.24, 2.45) is 0 Å². The molecule has 0 amide bonds. The van der Waals surface area contributed by atoms with E-state index in [2.05, 4.69) is 44.0 Å². The van der Waals surface area contributed by atoms with Gasteiger partial charge in [-0.05, 0) is 31.0 Å². The van der Waals surface area contributed by atoms with E-state index in [1.165, 1.54) is 23.9 Å². The molecule has 0 atom stereocenters. The lowest BCUT2D eigenvalue weighted by Crippen LogP contribution is -2.18. The summed E-state index contributed by atoms with van der Waals surface area (Å²) in [5.74, 6) is 0. The number of hydrogen-bond acceptors (Lipinski definition) is 2. The number of fused-ring (bicyclic) bond motifs is 1. The van der Waals surface area contributed by atoms with Gasteiger partial charge in [0.2, 0.25) is 0 Å². The van der Waals surface area contributed by atoms with Gasteiger partial charge < -0.3 is 4.90 Å². The third-order valence-corrected chi connectivity index (χ3v) is 3.83. The average molecular weight is 277 g/mol. The van der Waals surface area contributed by atoms with Crippen molar-refractivity contribution in [3.8, 4) is 0 Å².